The molecule has 0 fully saturated rings. The number of aromatic nitrogens is 2. The number of fused-ring (bicyclic) bond motifs is 2. The molecule has 1 aromatic heterocycles. The lowest BCUT2D eigenvalue weighted by Gasteiger charge is -2.26. The van der Waals surface area contributed by atoms with E-state index in [1.807, 2.05) is 79.7 Å². The highest BCUT2D eigenvalue weighted by Gasteiger charge is 2.33. The Kier molecular flexibility index (Phi) is 4.52. The van der Waals surface area contributed by atoms with Gasteiger partial charge < -0.3 is 14.0 Å². The number of carbonyl (C=O) groups is 1. The zero-order valence-corrected chi connectivity index (χ0v) is 16.2. The molecule has 6 heteroatoms. The summed E-state index contributed by atoms with van der Waals surface area (Å²) in [6.45, 7) is 1.88. The van der Waals surface area contributed by atoms with Crippen molar-refractivity contribution in [2.24, 2.45) is 0 Å². The normalized spacial score (nSPS) is 12.6. The molecule has 0 N–H and O–H groups in total. The van der Waals surface area contributed by atoms with Crippen LogP contribution in [0.3, 0.4) is 0 Å². The van der Waals surface area contributed by atoms with Gasteiger partial charge in [-0.25, -0.2) is 0 Å². The summed E-state index contributed by atoms with van der Waals surface area (Å²) in [6.07, 6.45) is 0. The van der Waals surface area contributed by atoms with Gasteiger partial charge in [0.25, 0.3) is 5.89 Å². The van der Waals surface area contributed by atoms with Crippen LogP contribution in [-0.4, -0.2) is 16.1 Å². The van der Waals surface area contributed by atoms with Crippen LogP contribution in [0.15, 0.2) is 77.3 Å². The molecule has 5 rings (SSSR count). The van der Waals surface area contributed by atoms with Gasteiger partial charge >= 0.3 is 5.97 Å². The molecule has 2 heterocycles. The predicted molar refractivity (Wildman–Crippen MR) is 109 cm³/mol. The van der Waals surface area contributed by atoms with Crippen LogP contribution >= 0.6 is 0 Å². The molecule has 148 valence electrons. The molecule has 0 bridgehead atoms. The van der Waals surface area contributed by atoms with Gasteiger partial charge in [-0.1, -0.05) is 65.8 Å². The molecule has 1 aliphatic rings. The molecule has 6 nitrogen and oxygen atoms in total. The molecule has 0 amide bonds. The van der Waals surface area contributed by atoms with E-state index in [-0.39, 0.29) is 12.5 Å². The highest BCUT2D eigenvalue weighted by Crippen LogP contribution is 2.44. The lowest BCUT2D eigenvalue weighted by atomic mass is 9.88. The number of para-hydroxylation sites is 2. The molecule has 1 aliphatic heterocycles. The second kappa shape index (κ2) is 7.48. The molecule has 0 atom stereocenters. The van der Waals surface area contributed by atoms with Gasteiger partial charge in [-0.3, -0.25) is 4.79 Å². The first-order chi connectivity index (χ1) is 14.7. The first kappa shape index (κ1) is 18.1. The summed E-state index contributed by atoms with van der Waals surface area (Å²) >= 11 is 0. The van der Waals surface area contributed by atoms with Crippen molar-refractivity contribution < 1.29 is 18.8 Å². The highest BCUT2D eigenvalue weighted by molar-refractivity contribution is 5.85. The summed E-state index contributed by atoms with van der Waals surface area (Å²) < 4.78 is 16.8. The summed E-state index contributed by atoms with van der Waals surface area (Å²) in [6, 6.07) is 22.7. The van der Waals surface area contributed by atoms with Crippen molar-refractivity contribution in [2.75, 3.05) is 0 Å². The highest BCUT2D eigenvalue weighted by atomic mass is 16.6. The van der Waals surface area contributed by atoms with E-state index in [0.29, 0.717) is 17.3 Å². The van der Waals surface area contributed by atoms with Crippen LogP contribution in [-0.2, 0) is 16.1 Å². The number of hydrogen-bond acceptors (Lipinski definition) is 6. The molecule has 0 radical (unpaired) electrons. The molecule has 0 saturated heterocycles. The van der Waals surface area contributed by atoms with Crippen molar-refractivity contribution in [1.82, 2.24) is 10.1 Å². The molecule has 0 saturated carbocycles. The molecular weight excluding hydrogens is 380 g/mol. The minimum Gasteiger partial charge on any atom is -0.457 e. The van der Waals surface area contributed by atoms with Gasteiger partial charge in [0, 0.05) is 16.7 Å². The molecular formula is C24H18N2O4. The number of ether oxygens (including phenoxy) is 2. The zero-order chi connectivity index (χ0) is 20.5. The van der Waals surface area contributed by atoms with E-state index in [9.17, 15) is 4.79 Å². The zero-order valence-electron chi connectivity index (χ0n) is 16.2. The van der Waals surface area contributed by atoms with E-state index in [4.69, 9.17) is 14.0 Å². The Morgan fingerprint density at radius 1 is 0.933 bits per heavy atom. The fraction of sp³-hybridized carbons (Fsp3) is 0.125. The Hall–Kier alpha value is -3.93. The fourth-order valence-corrected chi connectivity index (χ4v) is 3.63. The minimum absolute atomic E-state index is 0.0978. The Bertz CT molecular complexity index is 1190. The summed E-state index contributed by atoms with van der Waals surface area (Å²) in [4.78, 5) is 17.4. The van der Waals surface area contributed by atoms with E-state index >= 15 is 0 Å². The van der Waals surface area contributed by atoms with Crippen molar-refractivity contribution >= 4 is 5.97 Å². The van der Waals surface area contributed by atoms with Crippen molar-refractivity contribution in [3.05, 3.63) is 95.4 Å². The number of hydrogen-bond donors (Lipinski definition) is 0. The van der Waals surface area contributed by atoms with Crippen LogP contribution in [0.4, 0.5) is 0 Å². The average molecular weight is 398 g/mol. The second-order valence-electron chi connectivity index (χ2n) is 7.05. The van der Waals surface area contributed by atoms with E-state index in [1.165, 1.54) is 0 Å². The fourth-order valence-electron chi connectivity index (χ4n) is 3.63. The maximum absolute atomic E-state index is 13.1. The Balaban J connectivity index is 1.38. The Morgan fingerprint density at radius 2 is 1.57 bits per heavy atom. The van der Waals surface area contributed by atoms with Gasteiger partial charge in [0.05, 0.1) is 0 Å². The van der Waals surface area contributed by atoms with E-state index in [2.05, 4.69) is 10.1 Å². The van der Waals surface area contributed by atoms with E-state index in [0.717, 1.165) is 22.3 Å². The number of rotatable bonds is 4. The average Bonchev–Trinajstić information content (AvgIpc) is 3.25. The number of esters is 1. The van der Waals surface area contributed by atoms with E-state index in [1.54, 1.807) is 0 Å². The van der Waals surface area contributed by atoms with Gasteiger partial charge in [-0.15, -0.1) is 0 Å². The van der Waals surface area contributed by atoms with Crippen LogP contribution in [0.5, 0.6) is 11.5 Å². The van der Waals surface area contributed by atoms with Crippen LogP contribution in [0.2, 0.25) is 0 Å². The third-order valence-corrected chi connectivity index (χ3v) is 5.11. The van der Waals surface area contributed by atoms with Crippen LogP contribution in [0.25, 0.3) is 11.4 Å². The number of nitrogens with zero attached hydrogens (tertiary/aromatic N) is 2. The number of aryl methyl sites for hydroxylation is 1. The quantitative estimate of drug-likeness (QED) is 0.449. The van der Waals surface area contributed by atoms with Gasteiger partial charge in [0.1, 0.15) is 17.4 Å². The van der Waals surface area contributed by atoms with Gasteiger partial charge in [-0.05, 0) is 24.6 Å². The van der Waals surface area contributed by atoms with E-state index < -0.39 is 11.9 Å². The van der Waals surface area contributed by atoms with Crippen LogP contribution < -0.4 is 4.74 Å². The second-order valence-corrected chi connectivity index (χ2v) is 7.05. The van der Waals surface area contributed by atoms with Crippen LogP contribution in [0.1, 0.15) is 28.5 Å². The Labute approximate surface area is 173 Å². The number of benzene rings is 3. The molecule has 0 aliphatic carbocycles. The summed E-state index contributed by atoms with van der Waals surface area (Å²) in [5, 5.41) is 4.01. The maximum atomic E-state index is 13.1. The smallest absolute Gasteiger partial charge is 0.318 e. The monoisotopic (exact) mass is 398 g/mol. The third-order valence-electron chi connectivity index (χ3n) is 5.11. The minimum atomic E-state index is -0.579. The van der Waals surface area contributed by atoms with Gasteiger partial charge in [0.15, 0.2) is 6.61 Å². The maximum Gasteiger partial charge on any atom is 0.318 e. The molecule has 4 aromatic rings. The Morgan fingerprint density at radius 3 is 2.27 bits per heavy atom. The van der Waals surface area contributed by atoms with Gasteiger partial charge in [-0.2, -0.15) is 4.98 Å². The largest absolute Gasteiger partial charge is 0.457 e. The summed E-state index contributed by atoms with van der Waals surface area (Å²) in [5.74, 6) is 1.05. The lowest BCUT2D eigenvalue weighted by molar-refractivity contribution is -0.146. The first-order valence-corrected chi connectivity index (χ1v) is 9.61. The molecule has 30 heavy (non-hydrogen) atoms. The predicted octanol–water partition coefficient (Wildman–Crippen LogP) is 5.03. The van der Waals surface area contributed by atoms with Crippen molar-refractivity contribution in [3.8, 4) is 22.9 Å². The molecule has 0 spiro atoms. The van der Waals surface area contributed by atoms with Crippen molar-refractivity contribution in [1.29, 1.82) is 0 Å². The van der Waals surface area contributed by atoms with Crippen molar-refractivity contribution in [2.45, 2.75) is 19.4 Å². The topological polar surface area (TPSA) is 74.5 Å². The third kappa shape index (κ3) is 3.22. The van der Waals surface area contributed by atoms with Crippen molar-refractivity contribution in [3.63, 3.8) is 0 Å². The first-order valence-electron chi connectivity index (χ1n) is 9.61. The standard InChI is InChI=1S/C24H18N2O4/c1-15-8-2-3-9-16(15)23-25-21(30-26-23)14-28-24(27)22-17-10-4-6-12-19(17)29-20-13-7-5-11-18(20)22/h2-13,22H,14H2,1H3. The van der Waals surface area contributed by atoms with Crippen LogP contribution in [0, 0.1) is 6.92 Å². The SMILES string of the molecule is Cc1ccccc1-c1noc(COC(=O)C2c3ccccc3Oc3ccccc32)n1. The lowest BCUT2D eigenvalue weighted by Crippen LogP contribution is -2.21. The summed E-state index contributed by atoms with van der Waals surface area (Å²) in [7, 11) is 0. The number of carbonyl (C=O) groups excluding carboxylic acids is 1. The molecule has 3 aromatic carbocycles. The molecule has 0 unspecified atom stereocenters. The van der Waals surface area contributed by atoms with Gasteiger partial charge in [0.2, 0.25) is 5.82 Å². The summed E-state index contributed by atoms with van der Waals surface area (Å²) in [5.41, 5.74) is 3.46.